The summed E-state index contributed by atoms with van der Waals surface area (Å²) in [6.45, 7) is 2.99. The Hall–Kier alpha value is -3.67. The molecule has 37 heavy (non-hydrogen) atoms. The maximum absolute atomic E-state index is 6.51. The van der Waals surface area contributed by atoms with Crippen LogP contribution in [0.25, 0.3) is 0 Å². The summed E-state index contributed by atoms with van der Waals surface area (Å²) in [4.78, 5) is 0. The van der Waals surface area contributed by atoms with E-state index < -0.39 is 0 Å². The average molecular weight is 501 g/mol. The molecule has 0 saturated heterocycles. The number of hydrogen-bond acceptors (Lipinski definition) is 6. The van der Waals surface area contributed by atoms with Gasteiger partial charge >= 0.3 is 0 Å². The van der Waals surface area contributed by atoms with E-state index >= 15 is 0 Å². The number of fused-ring (bicyclic) bond motifs is 3. The van der Waals surface area contributed by atoms with Crippen molar-refractivity contribution < 1.29 is 18.9 Å². The number of ether oxygens (including phenoxy) is 4. The van der Waals surface area contributed by atoms with Crippen LogP contribution < -0.4 is 18.9 Å². The molecule has 0 N–H and O–H groups in total. The lowest BCUT2D eigenvalue weighted by Crippen LogP contribution is -2.33. The zero-order chi connectivity index (χ0) is 25.6. The van der Waals surface area contributed by atoms with Crippen LogP contribution in [0.1, 0.15) is 74.4 Å². The lowest BCUT2D eigenvalue weighted by atomic mass is 9.96. The first-order valence-corrected chi connectivity index (χ1v) is 13.3. The van der Waals surface area contributed by atoms with Crippen LogP contribution in [-0.4, -0.2) is 31.5 Å². The fourth-order valence-electron chi connectivity index (χ4n) is 5.07. The van der Waals surface area contributed by atoms with Crippen molar-refractivity contribution in [2.45, 2.75) is 57.7 Å². The highest BCUT2D eigenvalue weighted by Crippen LogP contribution is 2.47. The number of rotatable bonds is 11. The first kappa shape index (κ1) is 25.0. The summed E-state index contributed by atoms with van der Waals surface area (Å²) in [6.07, 6.45) is 6.61. The van der Waals surface area contributed by atoms with Gasteiger partial charge in [-0.1, -0.05) is 50.8 Å². The van der Waals surface area contributed by atoms with Gasteiger partial charge in [0, 0.05) is 23.1 Å². The Morgan fingerprint density at radius 2 is 1.68 bits per heavy atom. The second kappa shape index (κ2) is 11.6. The highest BCUT2D eigenvalue weighted by Gasteiger charge is 2.41. The molecule has 0 spiro atoms. The fraction of sp³-hybridized carbons (Fsp3) is 0.387. The second-order valence-electron chi connectivity index (χ2n) is 9.56. The van der Waals surface area contributed by atoms with Gasteiger partial charge in [-0.25, -0.2) is 5.01 Å². The van der Waals surface area contributed by atoms with Gasteiger partial charge in [0.05, 0.1) is 32.6 Å². The molecule has 2 atom stereocenters. The molecule has 0 aromatic heterocycles. The number of para-hydroxylation sites is 1. The van der Waals surface area contributed by atoms with Crippen molar-refractivity contribution in [1.82, 2.24) is 5.01 Å². The Labute approximate surface area is 219 Å². The van der Waals surface area contributed by atoms with Crippen LogP contribution in [0.15, 0.2) is 71.8 Å². The smallest absolute Gasteiger partial charge is 0.213 e. The maximum atomic E-state index is 6.51. The van der Waals surface area contributed by atoms with Crippen LogP contribution in [0.5, 0.6) is 23.0 Å². The van der Waals surface area contributed by atoms with Gasteiger partial charge in [0.25, 0.3) is 0 Å². The van der Waals surface area contributed by atoms with E-state index in [-0.39, 0.29) is 12.3 Å². The quantitative estimate of drug-likeness (QED) is 0.259. The summed E-state index contributed by atoms with van der Waals surface area (Å²) in [5.41, 5.74) is 4.22. The molecule has 6 nitrogen and oxygen atoms in total. The highest BCUT2D eigenvalue weighted by molar-refractivity contribution is 6.02. The van der Waals surface area contributed by atoms with Gasteiger partial charge in [-0.15, -0.1) is 0 Å². The van der Waals surface area contributed by atoms with Gasteiger partial charge < -0.3 is 18.9 Å². The van der Waals surface area contributed by atoms with Crippen LogP contribution in [0, 0.1) is 0 Å². The maximum Gasteiger partial charge on any atom is 0.213 e. The van der Waals surface area contributed by atoms with E-state index in [1.54, 1.807) is 14.2 Å². The zero-order valence-corrected chi connectivity index (χ0v) is 22.0. The lowest BCUT2D eigenvalue weighted by molar-refractivity contribution is -0.0190. The van der Waals surface area contributed by atoms with Crippen molar-refractivity contribution >= 4 is 5.71 Å². The summed E-state index contributed by atoms with van der Waals surface area (Å²) < 4.78 is 23.4. The summed E-state index contributed by atoms with van der Waals surface area (Å²) in [5.74, 6) is 3.20. The van der Waals surface area contributed by atoms with Crippen LogP contribution in [-0.2, 0) is 0 Å². The van der Waals surface area contributed by atoms with Crippen molar-refractivity contribution in [3.05, 3.63) is 83.4 Å². The SMILES string of the molecule is CCCCCCCOc1ccc(C2Oc3ccccc3C3CC(c4ccc(OC)c(OC)c4)=NN32)cc1. The Kier molecular flexibility index (Phi) is 7.83. The van der Waals surface area contributed by atoms with Gasteiger partial charge in [-0.3, -0.25) is 0 Å². The van der Waals surface area contributed by atoms with E-state index in [1.807, 2.05) is 42.5 Å². The third-order valence-corrected chi connectivity index (χ3v) is 7.10. The minimum atomic E-state index is -0.319. The molecule has 0 bridgehead atoms. The molecule has 0 amide bonds. The van der Waals surface area contributed by atoms with E-state index in [9.17, 15) is 0 Å². The predicted molar refractivity (Wildman–Crippen MR) is 146 cm³/mol. The number of nitrogens with zero attached hydrogens (tertiary/aromatic N) is 2. The van der Waals surface area contributed by atoms with Gasteiger partial charge in [0.2, 0.25) is 6.23 Å². The van der Waals surface area contributed by atoms with Crippen LogP contribution in [0.3, 0.4) is 0 Å². The van der Waals surface area contributed by atoms with E-state index in [2.05, 4.69) is 36.2 Å². The van der Waals surface area contributed by atoms with Crippen molar-refractivity contribution in [3.63, 3.8) is 0 Å². The van der Waals surface area contributed by atoms with Gasteiger partial charge in [0.15, 0.2) is 11.5 Å². The summed E-state index contributed by atoms with van der Waals surface area (Å²) in [5, 5.41) is 7.17. The molecule has 0 radical (unpaired) electrons. The molecular formula is C31H36N2O4. The number of methoxy groups -OCH3 is 2. The number of benzene rings is 3. The predicted octanol–water partition coefficient (Wildman–Crippen LogP) is 7.30. The molecule has 2 aliphatic heterocycles. The van der Waals surface area contributed by atoms with Crippen LogP contribution in [0.4, 0.5) is 0 Å². The first-order chi connectivity index (χ1) is 18.2. The largest absolute Gasteiger partial charge is 0.494 e. The molecule has 3 aromatic rings. The number of hydrazone groups is 1. The molecule has 2 aliphatic rings. The van der Waals surface area contributed by atoms with Crippen molar-refractivity contribution in [2.24, 2.45) is 5.10 Å². The van der Waals surface area contributed by atoms with Crippen LogP contribution >= 0.6 is 0 Å². The van der Waals surface area contributed by atoms with Crippen LogP contribution in [0.2, 0.25) is 0 Å². The number of unbranched alkanes of at least 4 members (excludes halogenated alkanes) is 4. The molecular weight excluding hydrogens is 464 g/mol. The van der Waals surface area contributed by atoms with Gasteiger partial charge in [-0.2, -0.15) is 5.10 Å². The normalized spacial score (nSPS) is 17.9. The van der Waals surface area contributed by atoms with Crippen molar-refractivity contribution in [2.75, 3.05) is 20.8 Å². The fourth-order valence-corrected chi connectivity index (χ4v) is 5.07. The van der Waals surface area contributed by atoms with E-state index in [1.165, 1.54) is 25.7 Å². The minimum absolute atomic E-state index is 0.0945. The topological polar surface area (TPSA) is 52.5 Å². The van der Waals surface area contributed by atoms with Gasteiger partial charge in [0.1, 0.15) is 11.5 Å². The monoisotopic (exact) mass is 500 g/mol. The highest BCUT2D eigenvalue weighted by atomic mass is 16.5. The third kappa shape index (κ3) is 5.38. The first-order valence-electron chi connectivity index (χ1n) is 13.3. The Morgan fingerprint density at radius 1 is 0.892 bits per heavy atom. The standard InChI is InChI=1S/C31H36N2O4/c1-4-5-6-7-10-19-36-24-16-13-22(14-17-24)31-33-27(25-11-8-9-12-28(25)37-31)21-26(32-33)23-15-18-29(34-2)30(20-23)35-3/h8-9,11-18,20,27,31H,4-7,10,19,21H2,1-3H3. The van der Waals surface area contributed by atoms with E-state index in [4.69, 9.17) is 24.0 Å². The molecule has 0 aliphatic carbocycles. The molecule has 194 valence electrons. The lowest BCUT2D eigenvalue weighted by Gasteiger charge is -2.38. The zero-order valence-electron chi connectivity index (χ0n) is 22.0. The second-order valence-corrected chi connectivity index (χ2v) is 9.56. The summed E-state index contributed by atoms with van der Waals surface area (Å²) in [7, 11) is 3.30. The van der Waals surface area contributed by atoms with E-state index in [0.717, 1.165) is 53.3 Å². The average Bonchev–Trinajstić information content (AvgIpc) is 3.40. The Bertz CT molecular complexity index is 1220. The number of hydrogen-bond donors (Lipinski definition) is 0. The molecule has 0 fully saturated rings. The van der Waals surface area contributed by atoms with E-state index in [0.29, 0.717) is 11.5 Å². The Balaban J connectivity index is 1.36. The minimum Gasteiger partial charge on any atom is -0.494 e. The molecule has 2 unspecified atom stereocenters. The molecule has 2 heterocycles. The summed E-state index contributed by atoms with van der Waals surface area (Å²) in [6, 6.07) is 22.6. The molecule has 5 rings (SSSR count). The third-order valence-electron chi connectivity index (χ3n) is 7.10. The molecule has 3 aromatic carbocycles. The van der Waals surface area contributed by atoms with Crippen molar-refractivity contribution in [1.29, 1.82) is 0 Å². The summed E-state index contributed by atoms with van der Waals surface area (Å²) >= 11 is 0. The molecule has 0 saturated carbocycles. The molecule has 6 heteroatoms. The van der Waals surface area contributed by atoms with Gasteiger partial charge in [-0.05, 0) is 55.0 Å². The Morgan fingerprint density at radius 3 is 2.46 bits per heavy atom. The van der Waals surface area contributed by atoms with Crippen molar-refractivity contribution in [3.8, 4) is 23.0 Å².